The van der Waals surface area contributed by atoms with Crippen LogP contribution in [0.1, 0.15) is 55.1 Å². The summed E-state index contributed by atoms with van der Waals surface area (Å²) in [5.74, 6) is -2.21. The maximum atomic E-state index is 15.5. The molecule has 4 rings (SSSR count). The van der Waals surface area contributed by atoms with Crippen molar-refractivity contribution in [3.05, 3.63) is 95.9 Å². The smallest absolute Gasteiger partial charge is 0.305 e. The molecule has 0 fully saturated rings. The summed E-state index contributed by atoms with van der Waals surface area (Å²) in [5, 5.41) is 42.4. The van der Waals surface area contributed by atoms with Crippen LogP contribution in [0.5, 0.6) is 5.75 Å². The number of aliphatic hydroxyl groups excluding tert-OH is 2. The second kappa shape index (κ2) is 13.5. The quantitative estimate of drug-likeness (QED) is 0.132. The largest absolute Gasteiger partial charge is 0.508 e. The molecule has 42 heavy (non-hydrogen) atoms. The first kappa shape index (κ1) is 30.5. The van der Waals surface area contributed by atoms with Gasteiger partial charge in [0.1, 0.15) is 11.6 Å². The molecule has 220 valence electrons. The van der Waals surface area contributed by atoms with Crippen LogP contribution in [0.4, 0.5) is 10.1 Å². The van der Waals surface area contributed by atoms with E-state index in [9.17, 15) is 24.9 Å². The Morgan fingerprint density at radius 3 is 2.17 bits per heavy atom. The number of carbonyl (C=O) groups excluding carboxylic acids is 1. The zero-order valence-electron chi connectivity index (χ0n) is 23.5. The van der Waals surface area contributed by atoms with E-state index < -0.39 is 36.3 Å². The Labute approximate surface area is 243 Å². The van der Waals surface area contributed by atoms with Crippen molar-refractivity contribution in [1.82, 2.24) is 4.57 Å². The van der Waals surface area contributed by atoms with Crippen LogP contribution < -0.4 is 5.32 Å². The zero-order valence-corrected chi connectivity index (χ0v) is 23.5. The number of carboxylic acids is 1. The topological polar surface area (TPSA) is 132 Å². The van der Waals surface area contributed by atoms with E-state index in [-0.39, 0.29) is 36.6 Å². The number of phenolic OH excluding ortho intramolecular Hbond substituents is 1. The summed E-state index contributed by atoms with van der Waals surface area (Å²) in [6, 6.07) is 21.6. The third-order valence-electron chi connectivity index (χ3n) is 7.03. The molecule has 1 amide bonds. The summed E-state index contributed by atoms with van der Waals surface area (Å²) < 4.78 is 17.3. The van der Waals surface area contributed by atoms with E-state index in [0.717, 1.165) is 0 Å². The van der Waals surface area contributed by atoms with Crippen LogP contribution in [0.2, 0.25) is 0 Å². The van der Waals surface area contributed by atoms with Crippen molar-refractivity contribution in [3.8, 4) is 28.1 Å². The number of benzene rings is 3. The van der Waals surface area contributed by atoms with Crippen molar-refractivity contribution in [2.24, 2.45) is 0 Å². The van der Waals surface area contributed by atoms with Crippen LogP contribution in [0.3, 0.4) is 0 Å². The standard InChI is InChI=1S/C33H35FN2O6/c1-20(2)31-30(33(42)35-22-12-14-23(37)15-13-22)29(21-8-4-3-5-9-21)32(26-10-6-7-11-27(26)34)36(31)17-16-24(38)18-25(39)19-28(40)41/h3-15,20,24-25,37-39H,16-19H2,1-2H3,(H,35,42)(H,40,41). The number of nitrogens with one attached hydrogen (secondary N) is 1. The number of rotatable bonds is 12. The lowest BCUT2D eigenvalue weighted by Crippen LogP contribution is -2.22. The SMILES string of the molecule is CC(C)c1c(C(=O)Nc2ccc(O)cc2)c(-c2ccccc2)c(-c2ccccc2F)n1CCC(O)CC(O)CC(=O)O. The number of hydrogen-bond acceptors (Lipinski definition) is 5. The average Bonchev–Trinajstić information content (AvgIpc) is 3.29. The van der Waals surface area contributed by atoms with Crippen molar-refractivity contribution in [2.75, 3.05) is 5.32 Å². The molecule has 3 aromatic carbocycles. The summed E-state index contributed by atoms with van der Waals surface area (Å²) >= 11 is 0. The van der Waals surface area contributed by atoms with Gasteiger partial charge in [-0.1, -0.05) is 56.3 Å². The maximum Gasteiger partial charge on any atom is 0.305 e. The van der Waals surface area contributed by atoms with E-state index in [1.54, 1.807) is 30.3 Å². The third-order valence-corrected chi connectivity index (χ3v) is 7.03. The van der Waals surface area contributed by atoms with Gasteiger partial charge in [0, 0.05) is 29.1 Å². The van der Waals surface area contributed by atoms with Crippen LogP contribution in [0, 0.1) is 5.82 Å². The average molecular weight is 575 g/mol. The molecule has 0 saturated heterocycles. The minimum Gasteiger partial charge on any atom is -0.508 e. The number of nitrogens with zero attached hydrogens (tertiary/aromatic N) is 1. The second-order valence-electron chi connectivity index (χ2n) is 10.6. The van der Waals surface area contributed by atoms with Gasteiger partial charge in [0.05, 0.1) is 29.9 Å². The van der Waals surface area contributed by atoms with Gasteiger partial charge in [0.15, 0.2) is 0 Å². The molecule has 2 unspecified atom stereocenters. The number of aliphatic carboxylic acids is 1. The molecule has 8 nitrogen and oxygen atoms in total. The molecule has 1 aromatic heterocycles. The molecule has 0 aliphatic rings. The number of carbonyl (C=O) groups is 2. The van der Waals surface area contributed by atoms with E-state index in [0.29, 0.717) is 33.8 Å². The number of hydrogen-bond donors (Lipinski definition) is 5. The minimum atomic E-state index is -1.22. The third kappa shape index (κ3) is 7.05. The first-order chi connectivity index (χ1) is 20.1. The van der Waals surface area contributed by atoms with E-state index in [1.807, 2.05) is 48.7 Å². The molecular formula is C33H35FN2O6. The molecule has 5 N–H and O–H groups in total. The van der Waals surface area contributed by atoms with Gasteiger partial charge in [0.25, 0.3) is 5.91 Å². The van der Waals surface area contributed by atoms with Crippen molar-refractivity contribution < 1.29 is 34.4 Å². The molecule has 9 heteroatoms. The molecule has 2 atom stereocenters. The lowest BCUT2D eigenvalue weighted by molar-refractivity contribution is -0.139. The number of anilines is 1. The molecule has 0 bridgehead atoms. The van der Waals surface area contributed by atoms with Crippen LogP contribution in [0.25, 0.3) is 22.4 Å². The summed E-state index contributed by atoms with van der Waals surface area (Å²) in [6.45, 7) is 4.02. The Hall–Kier alpha value is -4.47. The Bertz CT molecular complexity index is 1530. The van der Waals surface area contributed by atoms with Crippen LogP contribution in [-0.2, 0) is 11.3 Å². The van der Waals surface area contributed by atoms with Gasteiger partial charge in [-0.05, 0) is 60.7 Å². The van der Waals surface area contributed by atoms with Crippen LogP contribution in [-0.4, -0.2) is 49.1 Å². The monoisotopic (exact) mass is 574 g/mol. The summed E-state index contributed by atoms with van der Waals surface area (Å²) in [4.78, 5) is 25.0. The highest BCUT2D eigenvalue weighted by Gasteiger charge is 2.31. The predicted octanol–water partition coefficient (Wildman–Crippen LogP) is 6.02. The van der Waals surface area contributed by atoms with Crippen molar-refractivity contribution in [3.63, 3.8) is 0 Å². The van der Waals surface area contributed by atoms with Gasteiger partial charge in [-0.25, -0.2) is 4.39 Å². The van der Waals surface area contributed by atoms with Gasteiger partial charge in [-0.3, -0.25) is 9.59 Å². The first-order valence-electron chi connectivity index (χ1n) is 13.8. The maximum absolute atomic E-state index is 15.5. The fourth-order valence-corrected chi connectivity index (χ4v) is 5.25. The number of aromatic hydroxyl groups is 1. The second-order valence-corrected chi connectivity index (χ2v) is 10.6. The summed E-state index contributed by atoms with van der Waals surface area (Å²) in [5.41, 5.74) is 3.42. The minimum absolute atomic E-state index is 0.0564. The van der Waals surface area contributed by atoms with E-state index in [4.69, 9.17) is 5.11 Å². The number of phenols is 1. The highest BCUT2D eigenvalue weighted by Crippen LogP contribution is 2.43. The molecule has 1 heterocycles. The lowest BCUT2D eigenvalue weighted by Gasteiger charge is -2.20. The molecule has 0 aliphatic carbocycles. The normalized spacial score (nSPS) is 12.7. The summed E-state index contributed by atoms with van der Waals surface area (Å²) in [6.07, 6.45) is -2.76. The molecule has 0 saturated carbocycles. The Morgan fingerprint density at radius 1 is 0.905 bits per heavy atom. The fourth-order valence-electron chi connectivity index (χ4n) is 5.25. The number of halogens is 1. The predicted molar refractivity (Wildman–Crippen MR) is 159 cm³/mol. The Kier molecular flexibility index (Phi) is 9.77. The summed E-state index contributed by atoms with van der Waals surface area (Å²) in [7, 11) is 0. The Balaban J connectivity index is 1.91. The molecule has 0 aliphatic heterocycles. The number of aromatic nitrogens is 1. The van der Waals surface area contributed by atoms with Crippen LogP contribution >= 0.6 is 0 Å². The van der Waals surface area contributed by atoms with E-state index in [1.165, 1.54) is 18.2 Å². The van der Waals surface area contributed by atoms with Gasteiger partial charge < -0.3 is 30.3 Å². The van der Waals surface area contributed by atoms with E-state index >= 15 is 4.39 Å². The van der Waals surface area contributed by atoms with Gasteiger partial charge in [0.2, 0.25) is 0 Å². The fraction of sp³-hybridized carbons (Fsp3) is 0.273. The van der Waals surface area contributed by atoms with Gasteiger partial charge in [-0.2, -0.15) is 0 Å². The van der Waals surface area contributed by atoms with E-state index in [2.05, 4.69) is 5.32 Å². The number of aliphatic hydroxyl groups is 2. The number of amides is 1. The van der Waals surface area contributed by atoms with Crippen LogP contribution in [0.15, 0.2) is 78.9 Å². The highest BCUT2D eigenvalue weighted by molar-refractivity contribution is 6.12. The number of carboxylic acid groups (broad SMARTS) is 1. The van der Waals surface area contributed by atoms with Crippen molar-refractivity contribution >= 4 is 17.6 Å². The van der Waals surface area contributed by atoms with Gasteiger partial charge >= 0.3 is 5.97 Å². The molecular weight excluding hydrogens is 539 g/mol. The Morgan fingerprint density at radius 2 is 1.55 bits per heavy atom. The first-order valence-corrected chi connectivity index (χ1v) is 13.8. The highest BCUT2D eigenvalue weighted by atomic mass is 19.1. The van der Waals surface area contributed by atoms with Gasteiger partial charge in [-0.15, -0.1) is 0 Å². The van der Waals surface area contributed by atoms with Crippen molar-refractivity contribution in [1.29, 1.82) is 0 Å². The molecule has 4 aromatic rings. The molecule has 0 spiro atoms. The van der Waals surface area contributed by atoms with Crippen molar-refractivity contribution in [2.45, 2.75) is 57.8 Å². The molecule has 0 radical (unpaired) electrons. The zero-order chi connectivity index (χ0) is 30.4. The lowest BCUT2D eigenvalue weighted by atomic mass is 9.94.